The molecule has 0 unspecified atom stereocenters. The van der Waals surface area contributed by atoms with E-state index in [1.54, 1.807) is 24.3 Å². The summed E-state index contributed by atoms with van der Waals surface area (Å²) in [5, 5.41) is 8.83. The molecular formula is C17H18N2O6. The lowest BCUT2D eigenvalue weighted by molar-refractivity contribution is 0.0694. The topological polar surface area (TPSA) is 111 Å². The van der Waals surface area contributed by atoms with Crippen molar-refractivity contribution in [3.05, 3.63) is 45.6 Å². The van der Waals surface area contributed by atoms with Gasteiger partial charge in [0.25, 0.3) is 5.56 Å². The molecule has 8 heteroatoms. The van der Waals surface area contributed by atoms with Crippen LogP contribution in [0.1, 0.15) is 28.7 Å². The lowest BCUT2D eigenvalue weighted by Crippen LogP contribution is -2.18. The van der Waals surface area contributed by atoms with Gasteiger partial charge in [-0.2, -0.15) is 0 Å². The Kier molecular flexibility index (Phi) is 5.78. The number of ether oxygens (including phenoxy) is 3. The number of benzene rings is 1. The molecule has 2 aromatic rings. The molecule has 0 radical (unpaired) electrons. The average molecular weight is 346 g/mol. The Morgan fingerprint density at radius 3 is 2.36 bits per heavy atom. The second-order valence-corrected chi connectivity index (χ2v) is 4.84. The summed E-state index contributed by atoms with van der Waals surface area (Å²) in [4.78, 5) is 28.8. The molecule has 1 aromatic carbocycles. The molecule has 0 amide bonds. The van der Waals surface area contributed by atoms with Crippen LogP contribution in [0.4, 0.5) is 0 Å². The quantitative estimate of drug-likeness (QED) is 0.789. The Bertz CT molecular complexity index is 831. The first kappa shape index (κ1) is 18.1. The highest BCUT2D eigenvalue weighted by atomic mass is 16.5. The van der Waals surface area contributed by atoms with Gasteiger partial charge < -0.3 is 24.3 Å². The number of hydrogen-bond donors (Lipinski definition) is 2. The Hall–Kier alpha value is -3.29. The molecule has 0 saturated carbocycles. The number of H-pyrrole nitrogens is 1. The van der Waals surface area contributed by atoms with Crippen LogP contribution in [0.25, 0.3) is 12.2 Å². The van der Waals surface area contributed by atoms with Crippen LogP contribution >= 0.6 is 0 Å². The number of carboxylic acid groups (broad SMARTS) is 1. The third-order valence-electron chi connectivity index (χ3n) is 3.25. The maximum absolute atomic E-state index is 11.6. The number of rotatable bonds is 7. The SMILES string of the molecule is CCOc1c(OC)cc(C=Cc2ncc(C(=O)O)c(=O)[nH]2)cc1OC. The minimum absolute atomic E-state index is 0.224. The number of nitrogens with zero attached hydrogens (tertiary/aromatic N) is 1. The van der Waals surface area contributed by atoms with E-state index < -0.39 is 17.1 Å². The number of aromatic nitrogens is 2. The molecule has 1 heterocycles. The van der Waals surface area contributed by atoms with E-state index in [9.17, 15) is 9.59 Å². The zero-order valence-electron chi connectivity index (χ0n) is 14.0. The van der Waals surface area contributed by atoms with Gasteiger partial charge >= 0.3 is 5.97 Å². The van der Waals surface area contributed by atoms with Crippen molar-refractivity contribution >= 4 is 18.1 Å². The van der Waals surface area contributed by atoms with E-state index >= 15 is 0 Å². The third kappa shape index (κ3) is 4.17. The largest absolute Gasteiger partial charge is 0.493 e. The Balaban J connectivity index is 2.36. The number of methoxy groups -OCH3 is 2. The van der Waals surface area contributed by atoms with Crippen molar-refractivity contribution < 1.29 is 24.1 Å². The summed E-state index contributed by atoms with van der Waals surface area (Å²) in [6.45, 7) is 2.32. The van der Waals surface area contributed by atoms with E-state index in [4.69, 9.17) is 19.3 Å². The number of carbonyl (C=O) groups is 1. The summed E-state index contributed by atoms with van der Waals surface area (Å²) in [6, 6.07) is 3.49. The fraction of sp³-hybridized carbons (Fsp3) is 0.235. The minimum atomic E-state index is -1.33. The van der Waals surface area contributed by atoms with Crippen LogP contribution in [0.2, 0.25) is 0 Å². The maximum atomic E-state index is 11.6. The van der Waals surface area contributed by atoms with Gasteiger partial charge in [-0.1, -0.05) is 6.08 Å². The van der Waals surface area contributed by atoms with Gasteiger partial charge in [0.05, 0.1) is 20.8 Å². The summed E-state index contributed by atoms with van der Waals surface area (Å²) in [7, 11) is 3.04. The third-order valence-corrected chi connectivity index (χ3v) is 3.25. The number of aromatic amines is 1. The van der Waals surface area contributed by atoms with Crippen LogP contribution in [0.3, 0.4) is 0 Å². The van der Waals surface area contributed by atoms with Gasteiger partial charge in [0.2, 0.25) is 5.75 Å². The molecule has 1 aromatic heterocycles. The van der Waals surface area contributed by atoms with Crippen molar-refractivity contribution in [3.8, 4) is 17.2 Å². The van der Waals surface area contributed by atoms with E-state index in [0.29, 0.717) is 23.9 Å². The highest BCUT2D eigenvalue weighted by Gasteiger charge is 2.13. The summed E-state index contributed by atoms with van der Waals surface area (Å²) in [5.74, 6) is 0.404. The molecule has 0 fully saturated rings. The van der Waals surface area contributed by atoms with Crippen LogP contribution in [0, 0.1) is 0 Å². The highest BCUT2D eigenvalue weighted by molar-refractivity contribution is 5.86. The number of carboxylic acids is 1. The van der Waals surface area contributed by atoms with E-state index in [1.165, 1.54) is 14.2 Å². The van der Waals surface area contributed by atoms with Crippen LogP contribution in [0.5, 0.6) is 17.2 Å². The van der Waals surface area contributed by atoms with Crippen molar-refractivity contribution in [2.45, 2.75) is 6.92 Å². The molecular weight excluding hydrogens is 328 g/mol. The second-order valence-electron chi connectivity index (χ2n) is 4.84. The van der Waals surface area contributed by atoms with Gasteiger partial charge in [-0.25, -0.2) is 9.78 Å². The molecule has 8 nitrogen and oxygen atoms in total. The molecule has 0 saturated heterocycles. The zero-order chi connectivity index (χ0) is 18.4. The second kappa shape index (κ2) is 8.00. The fourth-order valence-electron chi connectivity index (χ4n) is 2.10. The van der Waals surface area contributed by atoms with Crippen LogP contribution in [0.15, 0.2) is 23.1 Å². The molecule has 25 heavy (non-hydrogen) atoms. The van der Waals surface area contributed by atoms with Gasteiger partial charge in [0.15, 0.2) is 11.5 Å². The monoisotopic (exact) mass is 346 g/mol. The summed E-state index contributed by atoms with van der Waals surface area (Å²) >= 11 is 0. The number of nitrogens with one attached hydrogen (secondary N) is 1. The first-order chi connectivity index (χ1) is 12.0. The van der Waals surface area contributed by atoms with Gasteiger partial charge in [0, 0.05) is 6.20 Å². The molecule has 132 valence electrons. The molecule has 2 N–H and O–H groups in total. The van der Waals surface area contributed by atoms with Gasteiger partial charge in [-0.15, -0.1) is 0 Å². The Labute approximate surface area is 143 Å². The van der Waals surface area contributed by atoms with Crippen LogP contribution in [-0.2, 0) is 0 Å². The van der Waals surface area contributed by atoms with Crippen molar-refractivity contribution in [1.82, 2.24) is 9.97 Å². The lowest BCUT2D eigenvalue weighted by atomic mass is 10.1. The van der Waals surface area contributed by atoms with Crippen molar-refractivity contribution in [1.29, 1.82) is 0 Å². The predicted molar refractivity (Wildman–Crippen MR) is 91.5 cm³/mol. The lowest BCUT2D eigenvalue weighted by Gasteiger charge is -2.14. The van der Waals surface area contributed by atoms with E-state index in [1.807, 2.05) is 6.92 Å². The predicted octanol–water partition coefficient (Wildman–Crippen LogP) is 2.05. The van der Waals surface area contributed by atoms with Gasteiger partial charge in [-0.3, -0.25) is 4.79 Å². The molecule has 0 aliphatic carbocycles. The molecule has 0 bridgehead atoms. The van der Waals surface area contributed by atoms with Crippen molar-refractivity contribution in [2.75, 3.05) is 20.8 Å². The van der Waals surface area contributed by atoms with Gasteiger partial charge in [-0.05, 0) is 30.7 Å². The van der Waals surface area contributed by atoms with Crippen molar-refractivity contribution in [2.24, 2.45) is 0 Å². The minimum Gasteiger partial charge on any atom is -0.493 e. The van der Waals surface area contributed by atoms with Crippen LogP contribution in [-0.4, -0.2) is 41.9 Å². The fourth-order valence-corrected chi connectivity index (χ4v) is 2.10. The summed E-state index contributed by atoms with van der Waals surface area (Å²) < 4.78 is 16.2. The highest BCUT2D eigenvalue weighted by Crippen LogP contribution is 2.38. The first-order valence-corrected chi connectivity index (χ1v) is 7.39. The van der Waals surface area contributed by atoms with Crippen molar-refractivity contribution in [3.63, 3.8) is 0 Å². The summed E-state index contributed by atoms with van der Waals surface area (Å²) in [6.07, 6.45) is 4.24. The molecule has 2 rings (SSSR count). The Morgan fingerprint density at radius 1 is 1.24 bits per heavy atom. The average Bonchev–Trinajstić information content (AvgIpc) is 2.60. The number of hydrogen-bond acceptors (Lipinski definition) is 6. The standard InChI is InChI=1S/C17H18N2O6/c1-4-25-15-12(23-2)7-10(8-13(15)24-3)5-6-14-18-9-11(17(21)22)16(20)19-14/h5-9H,4H2,1-3H3,(H,21,22)(H,18,19,20). The molecule has 0 aliphatic rings. The van der Waals surface area contributed by atoms with Gasteiger partial charge in [0.1, 0.15) is 11.4 Å². The first-order valence-electron chi connectivity index (χ1n) is 7.39. The maximum Gasteiger partial charge on any atom is 0.342 e. The summed E-state index contributed by atoms with van der Waals surface area (Å²) in [5.41, 5.74) is -0.410. The van der Waals surface area contributed by atoms with E-state index in [0.717, 1.165) is 11.8 Å². The smallest absolute Gasteiger partial charge is 0.342 e. The van der Waals surface area contributed by atoms with E-state index in [2.05, 4.69) is 9.97 Å². The van der Waals surface area contributed by atoms with Crippen LogP contribution < -0.4 is 19.8 Å². The molecule has 0 aliphatic heterocycles. The zero-order valence-corrected chi connectivity index (χ0v) is 14.0. The van der Waals surface area contributed by atoms with E-state index in [-0.39, 0.29) is 5.82 Å². The molecule has 0 spiro atoms. The molecule has 0 atom stereocenters. The normalized spacial score (nSPS) is 10.7. The Morgan fingerprint density at radius 2 is 1.88 bits per heavy atom. The number of aromatic carboxylic acids is 1.